The largest absolute Gasteiger partial charge is 0.495 e. The fraction of sp³-hybridized carbons (Fsp3) is 0.273. The Labute approximate surface area is 270 Å². The number of pyridine rings is 1. The van der Waals surface area contributed by atoms with Crippen molar-refractivity contribution in [2.45, 2.75) is 32.5 Å². The fourth-order valence-corrected chi connectivity index (χ4v) is 6.46. The molecule has 0 unspecified atom stereocenters. The Bertz CT molecular complexity index is 1910. The predicted molar refractivity (Wildman–Crippen MR) is 178 cm³/mol. The van der Waals surface area contributed by atoms with Gasteiger partial charge in [0.15, 0.2) is 11.4 Å². The highest BCUT2D eigenvalue weighted by molar-refractivity contribution is 6.41. The van der Waals surface area contributed by atoms with Crippen LogP contribution in [0.5, 0.6) is 11.5 Å². The maximum Gasteiger partial charge on any atom is 0.229 e. The molecule has 1 aliphatic rings. The minimum absolute atomic E-state index is 0.0857. The number of ketones is 1. The molecule has 1 aliphatic heterocycles. The summed E-state index contributed by atoms with van der Waals surface area (Å²) in [6.45, 7) is 9.32. The number of carbonyl (C=O) groups excluding carboxylic acids is 1. The Balaban J connectivity index is 1.41. The van der Waals surface area contributed by atoms with E-state index < -0.39 is 0 Å². The Kier molecular flexibility index (Phi) is 8.54. The third-order valence-electron chi connectivity index (χ3n) is 7.76. The van der Waals surface area contributed by atoms with Crippen molar-refractivity contribution in [3.05, 3.63) is 77.2 Å². The molecular weight excluding hydrogens is 615 g/mol. The minimum Gasteiger partial charge on any atom is -0.495 e. The minimum atomic E-state index is -0.0857. The SMILES string of the molecule is C=CC(=O)Cc1cc(N2C[C@@H](C)O[C@@H](C)C2)ccc1Nc1ncc2cc(-c3c(Cl)c(OC)cc(OC)c3Cl)c3nccn3c2n1. The van der Waals surface area contributed by atoms with E-state index in [1.807, 2.05) is 34.9 Å². The summed E-state index contributed by atoms with van der Waals surface area (Å²) in [5.41, 5.74) is 4.94. The molecule has 6 rings (SSSR count). The number of allylic oxidation sites excluding steroid dienone is 1. The lowest BCUT2D eigenvalue weighted by molar-refractivity contribution is -0.114. The first kappa shape index (κ1) is 30.6. The molecular formula is C33H32Cl2N6O4. The number of imidazole rings is 1. The summed E-state index contributed by atoms with van der Waals surface area (Å²) in [6, 6.07) is 9.55. The third kappa shape index (κ3) is 5.88. The molecule has 0 aliphatic carbocycles. The van der Waals surface area contributed by atoms with E-state index in [0.29, 0.717) is 49.9 Å². The average molecular weight is 648 g/mol. The van der Waals surface area contributed by atoms with E-state index >= 15 is 0 Å². The zero-order chi connectivity index (χ0) is 31.8. The number of fused-ring (bicyclic) bond motifs is 3. The van der Waals surface area contributed by atoms with Crippen molar-refractivity contribution in [1.29, 1.82) is 0 Å². The van der Waals surface area contributed by atoms with Gasteiger partial charge in [0, 0.05) is 72.1 Å². The van der Waals surface area contributed by atoms with Crippen LogP contribution in [0.15, 0.2) is 61.6 Å². The molecule has 0 spiro atoms. The Morgan fingerprint density at radius 3 is 2.44 bits per heavy atom. The highest BCUT2D eigenvalue weighted by atomic mass is 35.5. The van der Waals surface area contributed by atoms with Crippen molar-refractivity contribution >= 4 is 63.0 Å². The summed E-state index contributed by atoms with van der Waals surface area (Å²) in [7, 11) is 3.06. The van der Waals surface area contributed by atoms with Crippen LogP contribution in [0.3, 0.4) is 0 Å². The number of anilines is 3. The number of halogens is 2. The summed E-state index contributed by atoms with van der Waals surface area (Å²) in [5, 5.41) is 4.72. The molecule has 2 aromatic carbocycles. The number of ether oxygens (including phenoxy) is 3. The predicted octanol–water partition coefficient (Wildman–Crippen LogP) is 6.92. The summed E-state index contributed by atoms with van der Waals surface area (Å²) in [4.78, 5) is 28.8. The average Bonchev–Trinajstić information content (AvgIpc) is 3.52. The Morgan fingerprint density at radius 1 is 1.07 bits per heavy atom. The highest BCUT2D eigenvalue weighted by Crippen LogP contribution is 2.47. The molecule has 0 bridgehead atoms. The van der Waals surface area contributed by atoms with E-state index in [9.17, 15) is 4.79 Å². The van der Waals surface area contributed by atoms with E-state index in [1.165, 1.54) is 20.3 Å². The van der Waals surface area contributed by atoms with E-state index in [-0.39, 0.29) is 24.4 Å². The van der Waals surface area contributed by atoms with E-state index in [1.54, 1.807) is 18.5 Å². The number of nitrogens with one attached hydrogen (secondary N) is 1. The van der Waals surface area contributed by atoms with Crippen molar-refractivity contribution in [2.24, 2.45) is 0 Å². The molecule has 12 heteroatoms. The summed E-state index contributed by atoms with van der Waals surface area (Å²) >= 11 is 13.5. The lowest BCUT2D eigenvalue weighted by Crippen LogP contribution is -2.45. The molecule has 5 aromatic rings. The van der Waals surface area contributed by atoms with Crippen molar-refractivity contribution < 1.29 is 19.0 Å². The smallest absolute Gasteiger partial charge is 0.229 e. The van der Waals surface area contributed by atoms with Gasteiger partial charge < -0.3 is 24.4 Å². The summed E-state index contributed by atoms with van der Waals surface area (Å²) in [5.74, 6) is 1.11. The van der Waals surface area contributed by atoms with Crippen molar-refractivity contribution in [2.75, 3.05) is 37.5 Å². The van der Waals surface area contributed by atoms with Crippen LogP contribution in [0, 0.1) is 0 Å². The number of aromatic nitrogens is 4. The van der Waals surface area contributed by atoms with Gasteiger partial charge in [0.25, 0.3) is 0 Å². The molecule has 2 atom stereocenters. The third-order valence-corrected chi connectivity index (χ3v) is 8.51. The second-order valence-electron chi connectivity index (χ2n) is 10.9. The monoisotopic (exact) mass is 646 g/mol. The van der Waals surface area contributed by atoms with E-state index in [2.05, 4.69) is 40.6 Å². The molecule has 0 radical (unpaired) electrons. The molecule has 0 amide bonds. The molecule has 0 saturated carbocycles. The van der Waals surface area contributed by atoms with Gasteiger partial charge in [-0.05, 0) is 49.8 Å². The highest BCUT2D eigenvalue weighted by Gasteiger charge is 2.24. The van der Waals surface area contributed by atoms with Crippen LogP contribution in [0.2, 0.25) is 10.0 Å². The van der Waals surface area contributed by atoms with Gasteiger partial charge in [-0.25, -0.2) is 9.97 Å². The van der Waals surface area contributed by atoms with Gasteiger partial charge in [0.05, 0.1) is 36.5 Å². The van der Waals surface area contributed by atoms with Crippen LogP contribution >= 0.6 is 23.2 Å². The zero-order valence-electron chi connectivity index (χ0n) is 25.3. The van der Waals surface area contributed by atoms with Gasteiger partial charge in [-0.3, -0.25) is 9.20 Å². The van der Waals surface area contributed by atoms with Crippen molar-refractivity contribution in [1.82, 2.24) is 19.4 Å². The molecule has 1 saturated heterocycles. The summed E-state index contributed by atoms with van der Waals surface area (Å²) in [6.07, 6.45) is 6.94. The van der Waals surface area contributed by atoms with Crippen LogP contribution < -0.4 is 19.7 Å². The van der Waals surface area contributed by atoms with Crippen molar-refractivity contribution in [3.63, 3.8) is 0 Å². The first-order valence-electron chi connectivity index (χ1n) is 14.4. The van der Waals surface area contributed by atoms with Gasteiger partial charge in [0.1, 0.15) is 17.1 Å². The quantitative estimate of drug-likeness (QED) is 0.171. The van der Waals surface area contributed by atoms with Gasteiger partial charge in [-0.2, -0.15) is 4.98 Å². The van der Waals surface area contributed by atoms with Crippen LogP contribution in [0.4, 0.5) is 17.3 Å². The van der Waals surface area contributed by atoms with E-state index in [4.69, 9.17) is 42.4 Å². The molecule has 1 fully saturated rings. The van der Waals surface area contributed by atoms with Crippen LogP contribution in [-0.4, -0.2) is 64.7 Å². The van der Waals surface area contributed by atoms with Crippen LogP contribution in [0.25, 0.3) is 27.8 Å². The second kappa shape index (κ2) is 12.5. The zero-order valence-corrected chi connectivity index (χ0v) is 26.8. The van der Waals surface area contributed by atoms with Gasteiger partial charge >= 0.3 is 0 Å². The van der Waals surface area contributed by atoms with Crippen LogP contribution in [-0.2, 0) is 16.0 Å². The molecule has 1 N–H and O–H groups in total. The van der Waals surface area contributed by atoms with Gasteiger partial charge in [-0.1, -0.05) is 29.8 Å². The molecule has 4 heterocycles. The number of nitrogens with zero attached hydrogens (tertiary/aromatic N) is 5. The van der Waals surface area contributed by atoms with Crippen LogP contribution in [0.1, 0.15) is 19.4 Å². The standard InChI is InChI=1S/C33H32Cl2N6O4/c1-6-23(42)12-20-11-22(40-16-18(2)45-19(3)17-40)7-8-25(20)38-33-37-15-21-13-24(32-36-9-10-41(32)31(21)39-33)28-29(34)26(43-4)14-27(44-5)30(28)35/h6-11,13-15,18-19H,1,12,16-17H2,2-5H3,(H,37,38,39)/t18-,19+. The first-order valence-corrected chi connectivity index (χ1v) is 15.1. The fourth-order valence-electron chi connectivity index (χ4n) is 5.75. The number of hydrogen-bond donors (Lipinski definition) is 1. The number of carbonyl (C=O) groups is 1. The second-order valence-corrected chi connectivity index (χ2v) is 11.7. The van der Waals surface area contributed by atoms with E-state index in [0.717, 1.165) is 35.4 Å². The number of rotatable bonds is 9. The number of methoxy groups -OCH3 is 2. The first-order chi connectivity index (χ1) is 21.7. The van der Waals surface area contributed by atoms with Crippen molar-refractivity contribution in [3.8, 4) is 22.6 Å². The molecule has 45 heavy (non-hydrogen) atoms. The number of morpholine rings is 1. The van der Waals surface area contributed by atoms with Gasteiger partial charge in [0.2, 0.25) is 5.95 Å². The maximum atomic E-state index is 12.5. The lowest BCUT2D eigenvalue weighted by atomic mass is 10.0. The molecule has 232 valence electrons. The van der Waals surface area contributed by atoms with Gasteiger partial charge in [-0.15, -0.1) is 0 Å². The maximum absolute atomic E-state index is 12.5. The topological polar surface area (TPSA) is 103 Å². The number of benzene rings is 2. The normalized spacial score (nSPS) is 16.6. The number of hydrogen-bond acceptors (Lipinski definition) is 9. The lowest BCUT2D eigenvalue weighted by Gasteiger charge is -2.37. The Morgan fingerprint density at radius 2 is 1.78 bits per heavy atom. The molecule has 10 nitrogen and oxygen atoms in total. The summed E-state index contributed by atoms with van der Waals surface area (Å²) < 4.78 is 18.7. The molecule has 3 aromatic heterocycles. The Hall–Kier alpha value is -4.38.